The number of thiophene rings is 1. The minimum atomic E-state index is -3.46. The zero-order valence-electron chi connectivity index (χ0n) is 11.4. The van der Waals surface area contributed by atoms with Crippen LogP contribution in [0.2, 0.25) is 0 Å². The van der Waals surface area contributed by atoms with Gasteiger partial charge in [0.1, 0.15) is 4.90 Å². The summed E-state index contributed by atoms with van der Waals surface area (Å²) in [6, 6.07) is 0. The first-order chi connectivity index (χ1) is 9.00. The van der Waals surface area contributed by atoms with Crippen molar-refractivity contribution in [1.29, 1.82) is 0 Å². The summed E-state index contributed by atoms with van der Waals surface area (Å²) in [7, 11) is -3.46. The highest BCUT2D eigenvalue weighted by molar-refractivity contribution is 7.89. The highest BCUT2D eigenvalue weighted by Gasteiger charge is 2.33. The molecule has 2 rings (SSSR count). The Morgan fingerprint density at radius 2 is 2.16 bits per heavy atom. The monoisotopic (exact) mass is 303 g/mol. The van der Waals surface area contributed by atoms with Crippen molar-refractivity contribution in [3.8, 4) is 0 Å². The van der Waals surface area contributed by atoms with Gasteiger partial charge in [-0.15, -0.1) is 11.3 Å². The van der Waals surface area contributed by atoms with E-state index in [9.17, 15) is 13.5 Å². The van der Waals surface area contributed by atoms with Crippen LogP contribution in [-0.4, -0.2) is 30.9 Å². The fourth-order valence-corrected chi connectivity index (χ4v) is 5.44. The van der Waals surface area contributed by atoms with Crippen molar-refractivity contribution in [2.45, 2.75) is 44.6 Å². The number of aryl methyl sites for hydroxylation is 1. The number of hydrogen-bond donors (Lipinski definition) is 1. The van der Waals surface area contributed by atoms with Gasteiger partial charge in [0.15, 0.2) is 0 Å². The number of aliphatic hydroxyl groups excluding tert-OH is 1. The van der Waals surface area contributed by atoms with E-state index in [0.29, 0.717) is 28.8 Å². The lowest BCUT2D eigenvalue weighted by molar-refractivity contribution is 0.282. The van der Waals surface area contributed by atoms with Crippen LogP contribution in [0.4, 0.5) is 0 Å². The molecule has 1 N–H and O–H groups in total. The summed E-state index contributed by atoms with van der Waals surface area (Å²) in [6.45, 7) is 4.75. The normalized spacial score (nSPS) is 16.2. The minimum Gasteiger partial charge on any atom is -0.391 e. The molecule has 108 valence electrons. The molecule has 1 fully saturated rings. The van der Waals surface area contributed by atoms with E-state index in [1.165, 1.54) is 11.3 Å². The number of nitrogens with zero attached hydrogens (tertiary/aromatic N) is 1. The van der Waals surface area contributed by atoms with Gasteiger partial charge in [-0.25, -0.2) is 8.42 Å². The molecule has 0 aromatic carbocycles. The van der Waals surface area contributed by atoms with E-state index in [-0.39, 0.29) is 6.61 Å². The molecule has 4 nitrogen and oxygen atoms in total. The topological polar surface area (TPSA) is 57.6 Å². The Morgan fingerprint density at radius 1 is 1.47 bits per heavy atom. The molecule has 1 saturated carbocycles. The molecule has 0 spiro atoms. The zero-order chi connectivity index (χ0) is 14.0. The average molecular weight is 303 g/mol. The first-order valence-corrected chi connectivity index (χ1v) is 9.00. The molecule has 0 bridgehead atoms. The molecule has 0 unspecified atom stereocenters. The van der Waals surface area contributed by atoms with Crippen LogP contribution in [0.25, 0.3) is 0 Å². The molecule has 0 amide bonds. The van der Waals surface area contributed by atoms with Gasteiger partial charge in [0.05, 0.1) is 11.5 Å². The summed E-state index contributed by atoms with van der Waals surface area (Å²) >= 11 is 1.32. The van der Waals surface area contributed by atoms with Crippen LogP contribution in [0.5, 0.6) is 0 Å². The van der Waals surface area contributed by atoms with Crippen molar-refractivity contribution in [3.05, 3.63) is 15.8 Å². The molecule has 1 aromatic rings. The first-order valence-electron chi connectivity index (χ1n) is 6.68. The third-order valence-corrected chi connectivity index (χ3v) is 6.68. The SMILES string of the molecule is CCCN(CC1CC1)S(=O)(=O)c1c(C)csc1CO. The van der Waals surface area contributed by atoms with Crippen LogP contribution in [0.1, 0.15) is 36.6 Å². The van der Waals surface area contributed by atoms with Crippen LogP contribution in [-0.2, 0) is 16.6 Å². The summed E-state index contributed by atoms with van der Waals surface area (Å²) in [5.41, 5.74) is 0.742. The van der Waals surface area contributed by atoms with E-state index in [1.54, 1.807) is 16.6 Å². The highest BCUT2D eigenvalue weighted by atomic mass is 32.2. The third kappa shape index (κ3) is 3.18. The van der Waals surface area contributed by atoms with Crippen LogP contribution in [0.3, 0.4) is 0 Å². The number of hydrogen-bond acceptors (Lipinski definition) is 4. The molecular weight excluding hydrogens is 282 g/mol. The van der Waals surface area contributed by atoms with Gasteiger partial charge < -0.3 is 5.11 Å². The number of rotatable bonds is 7. The molecule has 19 heavy (non-hydrogen) atoms. The Morgan fingerprint density at radius 3 is 2.68 bits per heavy atom. The fourth-order valence-electron chi connectivity index (χ4n) is 2.22. The predicted molar refractivity (Wildman–Crippen MR) is 76.8 cm³/mol. The fraction of sp³-hybridized carbons (Fsp3) is 0.692. The standard InChI is InChI=1S/C13H21NO3S2/c1-3-6-14(7-11-4-5-11)19(16,17)13-10(2)9-18-12(13)8-15/h9,11,15H,3-8H2,1-2H3. The van der Waals surface area contributed by atoms with Gasteiger partial charge in [-0.05, 0) is 43.0 Å². The molecule has 1 aliphatic carbocycles. The third-order valence-electron chi connectivity index (χ3n) is 3.36. The zero-order valence-corrected chi connectivity index (χ0v) is 13.1. The summed E-state index contributed by atoms with van der Waals surface area (Å²) in [5.74, 6) is 0.526. The van der Waals surface area contributed by atoms with E-state index >= 15 is 0 Å². The van der Waals surface area contributed by atoms with Crippen molar-refractivity contribution in [2.75, 3.05) is 13.1 Å². The minimum absolute atomic E-state index is 0.212. The summed E-state index contributed by atoms with van der Waals surface area (Å²) < 4.78 is 27.1. The van der Waals surface area contributed by atoms with Crippen LogP contribution >= 0.6 is 11.3 Å². The van der Waals surface area contributed by atoms with Crippen molar-refractivity contribution in [1.82, 2.24) is 4.31 Å². The molecule has 0 aliphatic heterocycles. The molecule has 0 radical (unpaired) electrons. The van der Waals surface area contributed by atoms with Gasteiger partial charge in [0.25, 0.3) is 0 Å². The molecule has 1 aliphatic rings. The second kappa shape index (κ2) is 5.91. The Bertz CT molecular complexity index is 532. The van der Waals surface area contributed by atoms with E-state index in [1.807, 2.05) is 6.92 Å². The largest absolute Gasteiger partial charge is 0.391 e. The van der Waals surface area contributed by atoms with Crippen LogP contribution in [0.15, 0.2) is 10.3 Å². The molecule has 6 heteroatoms. The van der Waals surface area contributed by atoms with Gasteiger partial charge in [0, 0.05) is 13.1 Å². The maximum absolute atomic E-state index is 12.8. The van der Waals surface area contributed by atoms with Gasteiger partial charge >= 0.3 is 0 Å². The number of aliphatic hydroxyl groups is 1. The van der Waals surface area contributed by atoms with Crippen LogP contribution < -0.4 is 0 Å². The molecule has 1 heterocycles. The molecule has 1 aromatic heterocycles. The highest BCUT2D eigenvalue weighted by Crippen LogP contribution is 2.34. The van der Waals surface area contributed by atoms with Gasteiger partial charge in [-0.3, -0.25) is 0 Å². The second-order valence-corrected chi connectivity index (χ2v) is 7.97. The van der Waals surface area contributed by atoms with Gasteiger partial charge in [-0.2, -0.15) is 4.31 Å². The van der Waals surface area contributed by atoms with E-state index in [0.717, 1.165) is 24.8 Å². The van der Waals surface area contributed by atoms with Gasteiger partial charge in [0.2, 0.25) is 10.0 Å². The van der Waals surface area contributed by atoms with Gasteiger partial charge in [-0.1, -0.05) is 6.92 Å². The number of sulfonamides is 1. The lowest BCUT2D eigenvalue weighted by Gasteiger charge is -2.22. The molecule has 0 atom stereocenters. The van der Waals surface area contributed by atoms with E-state index in [2.05, 4.69) is 0 Å². The molecule has 0 saturated heterocycles. The maximum Gasteiger partial charge on any atom is 0.244 e. The first kappa shape index (κ1) is 15.0. The van der Waals surface area contributed by atoms with Crippen molar-refractivity contribution < 1.29 is 13.5 Å². The summed E-state index contributed by atoms with van der Waals surface area (Å²) in [4.78, 5) is 0.878. The van der Waals surface area contributed by atoms with Crippen molar-refractivity contribution in [2.24, 2.45) is 5.92 Å². The maximum atomic E-state index is 12.8. The van der Waals surface area contributed by atoms with Crippen LogP contribution in [0, 0.1) is 12.8 Å². The lowest BCUT2D eigenvalue weighted by atomic mass is 10.3. The quantitative estimate of drug-likeness (QED) is 0.841. The smallest absolute Gasteiger partial charge is 0.244 e. The van der Waals surface area contributed by atoms with E-state index < -0.39 is 10.0 Å². The average Bonchev–Trinajstić information content (AvgIpc) is 3.09. The Labute approximate surface area is 119 Å². The van der Waals surface area contributed by atoms with Crippen molar-refractivity contribution >= 4 is 21.4 Å². The van der Waals surface area contributed by atoms with Crippen molar-refractivity contribution in [3.63, 3.8) is 0 Å². The second-order valence-electron chi connectivity index (χ2n) is 5.14. The summed E-state index contributed by atoms with van der Waals surface area (Å²) in [6.07, 6.45) is 3.07. The summed E-state index contributed by atoms with van der Waals surface area (Å²) in [5, 5.41) is 11.1. The molecular formula is C13H21NO3S2. The predicted octanol–water partition coefficient (Wildman–Crippen LogP) is 2.36. The Hall–Kier alpha value is -0.430. The lowest BCUT2D eigenvalue weighted by Crippen LogP contribution is -2.34. The Kier molecular flexibility index (Phi) is 4.66. The van der Waals surface area contributed by atoms with E-state index in [4.69, 9.17) is 0 Å². The Balaban J connectivity index is 2.34.